The fourth-order valence-electron chi connectivity index (χ4n) is 2.08. The molecular weight excluding hydrogens is 278 g/mol. The number of para-hydroxylation sites is 1. The van der Waals surface area contributed by atoms with Gasteiger partial charge in [0.25, 0.3) is 0 Å². The van der Waals surface area contributed by atoms with Gasteiger partial charge in [0.2, 0.25) is 0 Å². The van der Waals surface area contributed by atoms with Crippen LogP contribution in [0.1, 0.15) is 25.0 Å². The minimum atomic E-state index is 0.455. The minimum absolute atomic E-state index is 0.455. The van der Waals surface area contributed by atoms with Crippen LogP contribution in [-0.2, 0) is 6.54 Å². The van der Waals surface area contributed by atoms with Gasteiger partial charge in [-0.3, -0.25) is 0 Å². The van der Waals surface area contributed by atoms with Crippen molar-refractivity contribution >= 4 is 11.8 Å². The lowest BCUT2D eigenvalue weighted by Crippen LogP contribution is -2.22. The van der Waals surface area contributed by atoms with Gasteiger partial charge in [-0.15, -0.1) is 11.8 Å². The molecule has 0 fully saturated rings. The standard InChI is InChI=1S/C18H23NOS/c1-13(2)19-12-15-11-14(3)9-10-16(15)20-17-7-5-6-8-18(17)21-4/h5-11,13,19H,12H2,1-4H3. The van der Waals surface area contributed by atoms with E-state index < -0.39 is 0 Å². The van der Waals surface area contributed by atoms with Crippen molar-refractivity contribution in [2.75, 3.05) is 6.26 Å². The molecule has 2 nitrogen and oxygen atoms in total. The molecule has 0 unspecified atom stereocenters. The number of thioether (sulfide) groups is 1. The molecule has 0 bridgehead atoms. The second kappa shape index (κ2) is 7.53. The Balaban J connectivity index is 2.26. The van der Waals surface area contributed by atoms with Crippen LogP contribution in [0, 0.1) is 6.92 Å². The van der Waals surface area contributed by atoms with Crippen molar-refractivity contribution in [2.45, 2.75) is 38.3 Å². The molecule has 112 valence electrons. The summed E-state index contributed by atoms with van der Waals surface area (Å²) in [5.41, 5.74) is 2.45. The Morgan fingerprint density at radius 3 is 2.57 bits per heavy atom. The molecule has 0 aliphatic rings. The number of benzene rings is 2. The van der Waals surface area contributed by atoms with Crippen molar-refractivity contribution < 1.29 is 4.74 Å². The van der Waals surface area contributed by atoms with Gasteiger partial charge in [0, 0.05) is 23.0 Å². The van der Waals surface area contributed by atoms with Gasteiger partial charge in [0.05, 0.1) is 0 Å². The highest BCUT2D eigenvalue weighted by atomic mass is 32.2. The highest BCUT2D eigenvalue weighted by Crippen LogP contribution is 2.33. The zero-order chi connectivity index (χ0) is 15.2. The molecule has 0 atom stereocenters. The molecule has 3 heteroatoms. The summed E-state index contributed by atoms with van der Waals surface area (Å²) in [6.07, 6.45) is 2.07. The molecule has 0 aliphatic heterocycles. The number of hydrogen-bond donors (Lipinski definition) is 1. The third-order valence-electron chi connectivity index (χ3n) is 3.21. The molecule has 0 amide bonds. The van der Waals surface area contributed by atoms with Crippen LogP contribution in [0.15, 0.2) is 47.4 Å². The molecule has 2 aromatic carbocycles. The SMILES string of the molecule is CSc1ccccc1Oc1ccc(C)cc1CNC(C)C. The number of hydrogen-bond acceptors (Lipinski definition) is 3. The average molecular weight is 301 g/mol. The van der Waals surface area contributed by atoms with E-state index >= 15 is 0 Å². The largest absolute Gasteiger partial charge is 0.456 e. The zero-order valence-corrected chi connectivity index (χ0v) is 14.0. The van der Waals surface area contributed by atoms with Crippen molar-refractivity contribution in [3.8, 4) is 11.5 Å². The maximum absolute atomic E-state index is 6.16. The summed E-state index contributed by atoms with van der Waals surface area (Å²) in [6, 6.07) is 14.9. The molecule has 21 heavy (non-hydrogen) atoms. The second-order valence-electron chi connectivity index (χ2n) is 5.40. The van der Waals surface area contributed by atoms with Gasteiger partial charge in [-0.2, -0.15) is 0 Å². The van der Waals surface area contributed by atoms with Gasteiger partial charge in [0.1, 0.15) is 11.5 Å². The Hall–Kier alpha value is -1.45. The summed E-state index contributed by atoms with van der Waals surface area (Å²) in [7, 11) is 0. The number of nitrogens with one attached hydrogen (secondary N) is 1. The molecule has 0 saturated carbocycles. The summed E-state index contributed by atoms with van der Waals surface area (Å²) in [5, 5.41) is 3.46. The molecule has 0 heterocycles. The summed E-state index contributed by atoms with van der Waals surface area (Å²) in [4.78, 5) is 1.15. The van der Waals surface area contributed by atoms with Gasteiger partial charge in [0.15, 0.2) is 0 Å². The Labute approximate surface area is 131 Å². The maximum Gasteiger partial charge on any atom is 0.140 e. The predicted octanol–water partition coefficient (Wildman–Crippen LogP) is 5.01. The summed E-state index contributed by atoms with van der Waals surface area (Å²) < 4.78 is 6.16. The highest BCUT2D eigenvalue weighted by Gasteiger charge is 2.08. The summed E-state index contributed by atoms with van der Waals surface area (Å²) in [6.45, 7) is 7.23. The molecule has 1 N–H and O–H groups in total. The first-order chi connectivity index (χ1) is 10.1. The second-order valence-corrected chi connectivity index (χ2v) is 6.25. The normalized spacial score (nSPS) is 10.9. The molecule has 0 radical (unpaired) electrons. The van der Waals surface area contributed by atoms with E-state index in [1.54, 1.807) is 11.8 Å². The van der Waals surface area contributed by atoms with Crippen molar-refractivity contribution in [3.63, 3.8) is 0 Å². The van der Waals surface area contributed by atoms with E-state index in [2.05, 4.69) is 56.6 Å². The van der Waals surface area contributed by atoms with Crippen LogP contribution >= 0.6 is 11.8 Å². The maximum atomic E-state index is 6.16. The van der Waals surface area contributed by atoms with Gasteiger partial charge in [-0.25, -0.2) is 0 Å². The number of aryl methyl sites for hydroxylation is 1. The van der Waals surface area contributed by atoms with Crippen LogP contribution in [0.25, 0.3) is 0 Å². The highest BCUT2D eigenvalue weighted by molar-refractivity contribution is 7.98. The van der Waals surface area contributed by atoms with Crippen LogP contribution in [0.4, 0.5) is 0 Å². The van der Waals surface area contributed by atoms with Gasteiger partial charge in [-0.05, 0) is 31.4 Å². The fourth-order valence-corrected chi connectivity index (χ4v) is 2.61. The van der Waals surface area contributed by atoms with E-state index in [4.69, 9.17) is 4.74 Å². The first-order valence-corrected chi connectivity index (χ1v) is 8.46. The molecule has 0 aromatic heterocycles. The summed E-state index contributed by atoms with van der Waals surface area (Å²) >= 11 is 1.70. The Morgan fingerprint density at radius 1 is 1.10 bits per heavy atom. The van der Waals surface area contributed by atoms with Crippen molar-refractivity contribution in [2.24, 2.45) is 0 Å². The quantitative estimate of drug-likeness (QED) is 0.758. The van der Waals surface area contributed by atoms with E-state index in [1.807, 2.05) is 18.2 Å². The number of ether oxygens (including phenoxy) is 1. The topological polar surface area (TPSA) is 21.3 Å². The lowest BCUT2D eigenvalue weighted by molar-refractivity contribution is 0.459. The minimum Gasteiger partial charge on any atom is -0.456 e. The fraction of sp³-hybridized carbons (Fsp3) is 0.333. The van der Waals surface area contributed by atoms with Crippen molar-refractivity contribution in [1.82, 2.24) is 5.32 Å². The van der Waals surface area contributed by atoms with Crippen LogP contribution < -0.4 is 10.1 Å². The smallest absolute Gasteiger partial charge is 0.140 e. The van der Waals surface area contributed by atoms with Crippen molar-refractivity contribution in [1.29, 1.82) is 0 Å². The summed E-state index contributed by atoms with van der Waals surface area (Å²) in [5.74, 6) is 1.84. The van der Waals surface area contributed by atoms with Crippen LogP contribution in [0.2, 0.25) is 0 Å². The average Bonchev–Trinajstić information content (AvgIpc) is 2.48. The molecule has 0 saturated heterocycles. The Morgan fingerprint density at radius 2 is 1.86 bits per heavy atom. The zero-order valence-electron chi connectivity index (χ0n) is 13.1. The predicted molar refractivity (Wildman–Crippen MR) is 91.5 cm³/mol. The third kappa shape index (κ3) is 4.51. The Bertz CT molecular complexity index is 596. The van der Waals surface area contributed by atoms with E-state index in [1.165, 1.54) is 11.1 Å². The van der Waals surface area contributed by atoms with Crippen molar-refractivity contribution in [3.05, 3.63) is 53.6 Å². The van der Waals surface area contributed by atoms with E-state index in [0.29, 0.717) is 6.04 Å². The van der Waals surface area contributed by atoms with E-state index in [9.17, 15) is 0 Å². The molecule has 0 aliphatic carbocycles. The third-order valence-corrected chi connectivity index (χ3v) is 3.98. The van der Waals surface area contributed by atoms with Gasteiger partial charge < -0.3 is 10.1 Å². The molecule has 2 aromatic rings. The van der Waals surface area contributed by atoms with E-state index in [-0.39, 0.29) is 0 Å². The first-order valence-electron chi connectivity index (χ1n) is 7.24. The van der Waals surface area contributed by atoms with Crippen LogP contribution in [-0.4, -0.2) is 12.3 Å². The first kappa shape index (κ1) is 15.9. The van der Waals surface area contributed by atoms with Gasteiger partial charge >= 0.3 is 0 Å². The van der Waals surface area contributed by atoms with Crippen LogP contribution in [0.3, 0.4) is 0 Å². The lowest BCUT2D eigenvalue weighted by atomic mass is 10.1. The van der Waals surface area contributed by atoms with E-state index in [0.717, 1.165) is 22.9 Å². The lowest BCUT2D eigenvalue weighted by Gasteiger charge is -2.15. The van der Waals surface area contributed by atoms with Gasteiger partial charge in [-0.1, -0.05) is 43.7 Å². The van der Waals surface area contributed by atoms with Crippen LogP contribution in [0.5, 0.6) is 11.5 Å². The molecule has 0 spiro atoms. The molecular formula is C18H23NOS. The molecule has 2 rings (SSSR count). The Kier molecular flexibility index (Phi) is 5.71. The monoisotopic (exact) mass is 301 g/mol. The number of rotatable bonds is 6.